The number of aromatic nitrogens is 1. The van der Waals surface area contributed by atoms with Gasteiger partial charge in [0.25, 0.3) is 6.01 Å². The largest absolute Gasteiger partial charge is 0.432 e. The van der Waals surface area contributed by atoms with Crippen molar-refractivity contribution in [3.8, 4) is 0 Å². The highest BCUT2D eigenvalue weighted by Crippen LogP contribution is 2.16. The van der Waals surface area contributed by atoms with Crippen molar-refractivity contribution in [3.05, 3.63) is 12.0 Å². The van der Waals surface area contributed by atoms with E-state index in [2.05, 4.69) is 30.7 Å². The third-order valence-corrected chi connectivity index (χ3v) is 2.83. The molecule has 1 unspecified atom stereocenters. The SMILES string of the molecule is CCC(C)CN(CC)c1nc(CCl)co1. The maximum atomic E-state index is 5.68. The normalized spacial score (nSPS) is 12.8. The maximum Gasteiger partial charge on any atom is 0.297 e. The van der Waals surface area contributed by atoms with Crippen molar-refractivity contribution < 1.29 is 4.42 Å². The lowest BCUT2D eigenvalue weighted by atomic mass is 10.1. The van der Waals surface area contributed by atoms with Gasteiger partial charge in [-0.2, -0.15) is 4.98 Å². The number of hydrogen-bond acceptors (Lipinski definition) is 3. The molecule has 4 heteroatoms. The highest BCUT2D eigenvalue weighted by atomic mass is 35.5. The molecule has 15 heavy (non-hydrogen) atoms. The summed E-state index contributed by atoms with van der Waals surface area (Å²) in [5.41, 5.74) is 0.800. The molecular weight excluding hydrogens is 212 g/mol. The molecule has 0 saturated carbocycles. The molecule has 0 aliphatic heterocycles. The van der Waals surface area contributed by atoms with Gasteiger partial charge >= 0.3 is 0 Å². The number of nitrogens with zero attached hydrogens (tertiary/aromatic N) is 2. The van der Waals surface area contributed by atoms with Gasteiger partial charge < -0.3 is 9.32 Å². The molecule has 0 spiro atoms. The smallest absolute Gasteiger partial charge is 0.297 e. The van der Waals surface area contributed by atoms with E-state index in [1.807, 2.05) is 0 Å². The first-order chi connectivity index (χ1) is 7.21. The topological polar surface area (TPSA) is 29.3 Å². The van der Waals surface area contributed by atoms with E-state index >= 15 is 0 Å². The van der Waals surface area contributed by atoms with Crippen LogP contribution in [-0.4, -0.2) is 18.1 Å². The quantitative estimate of drug-likeness (QED) is 0.703. The molecule has 1 atom stereocenters. The van der Waals surface area contributed by atoms with Gasteiger partial charge in [-0.3, -0.25) is 0 Å². The molecule has 1 rings (SSSR count). The molecule has 0 radical (unpaired) electrons. The van der Waals surface area contributed by atoms with Crippen molar-refractivity contribution >= 4 is 17.6 Å². The lowest BCUT2D eigenvalue weighted by molar-refractivity contribution is 0.490. The monoisotopic (exact) mass is 230 g/mol. The summed E-state index contributed by atoms with van der Waals surface area (Å²) in [7, 11) is 0. The van der Waals surface area contributed by atoms with Crippen LogP contribution in [0.4, 0.5) is 6.01 Å². The highest BCUT2D eigenvalue weighted by Gasteiger charge is 2.13. The minimum Gasteiger partial charge on any atom is -0.432 e. The van der Waals surface area contributed by atoms with Crippen molar-refractivity contribution in [3.63, 3.8) is 0 Å². The zero-order valence-corrected chi connectivity index (χ0v) is 10.4. The summed E-state index contributed by atoms with van der Waals surface area (Å²) in [5.74, 6) is 1.06. The molecule has 0 aromatic carbocycles. The average molecular weight is 231 g/mol. The first-order valence-electron chi connectivity index (χ1n) is 5.46. The van der Waals surface area contributed by atoms with Gasteiger partial charge in [-0.1, -0.05) is 20.3 Å². The zero-order valence-electron chi connectivity index (χ0n) is 9.66. The highest BCUT2D eigenvalue weighted by molar-refractivity contribution is 6.16. The summed E-state index contributed by atoms with van der Waals surface area (Å²) < 4.78 is 5.38. The Morgan fingerprint density at radius 3 is 2.73 bits per heavy atom. The van der Waals surface area contributed by atoms with E-state index in [1.54, 1.807) is 6.26 Å². The Morgan fingerprint density at radius 2 is 2.27 bits per heavy atom. The van der Waals surface area contributed by atoms with Crippen LogP contribution in [-0.2, 0) is 5.88 Å². The fourth-order valence-electron chi connectivity index (χ4n) is 1.35. The molecule has 86 valence electrons. The summed E-state index contributed by atoms with van der Waals surface area (Å²) in [4.78, 5) is 6.46. The zero-order chi connectivity index (χ0) is 11.3. The van der Waals surface area contributed by atoms with Gasteiger partial charge in [-0.15, -0.1) is 11.6 Å². The van der Waals surface area contributed by atoms with Crippen molar-refractivity contribution in [2.24, 2.45) is 5.92 Å². The summed E-state index contributed by atoms with van der Waals surface area (Å²) in [6.45, 7) is 8.42. The van der Waals surface area contributed by atoms with E-state index < -0.39 is 0 Å². The third kappa shape index (κ3) is 3.42. The van der Waals surface area contributed by atoms with Crippen LogP contribution in [0.2, 0.25) is 0 Å². The molecule has 0 bridgehead atoms. The van der Waals surface area contributed by atoms with Gasteiger partial charge in [0.15, 0.2) is 0 Å². The fraction of sp³-hybridized carbons (Fsp3) is 0.727. The molecule has 0 aliphatic carbocycles. The summed E-state index contributed by atoms with van der Waals surface area (Å²) in [5, 5.41) is 0. The van der Waals surface area contributed by atoms with Crippen molar-refractivity contribution in [1.82, 2.24) is 4.98 Å². The van der Waals surface area contributed by atoms with Crippen molar-refractivity contribution in [1.29, 1.82) is 0 Å². The van der Waals surface area contributed by atoms with Gasteiger partial charge in [-0.25, -0.2) is 0 Å². The first kappa shape index (κ1) is 12.4. The Morgan fingerprint density at radius 1 is 1.53 bits per heavy atom. The third-order valence-electron chi connectivity index (χ3n) is 2.56. The molecule has 0 aliphatic rings. The van der Waals surface area contributed by atoms with Gasteiger partial charge in [0.1, 0.15) is 6.26 Å². The number of hydrogen-bond donors (Lipinski definition) is 0. The number of halogens is 1. The minimum atomic E-state index is 0.407. The summed E-state index contributed by atoms with van der Waals surface area (Å²) >= 11 is 5.68. The van der Waals surface area contributed by atoms with Crippen LogP contribution in [0.5, 0.6) is 0 Å². The van der Waals surface area contributed by atoms with Crippen molar-refractivity contribution in [2.45, 2.75) is 33.1 Å². The molecule has 3 nitrogen and oxygen atoms in total. The van der Waals surface area contributed by atoms with Crippen LogP contribution in [0.3, 0.4) is 0 Å². The Kier molecular flexibility index (Phi) is 4.95. The number of oxazole rings is 1. The van der Waals surface area contributed by atoms with Crippen LogP contribution in [0.25, 0.3) is 0 Å². The van der Waals surface area contributed by atoms with Gasteiger partial charge in [0.2, 0.25) is 0 Å². The van der Waals surface area contributed by atoms with Crippen LogP contribution >= 0.6 is 11.6 Å². The molecule has 0 saturated heterocycles. The van der Waals surface area contributed by atoms with Crippen LogP contribution < -0.4 is 4.90 Å². The van der Waals surface area contributed by atoms with E-state index in [4.69, 9.17) is 16.0 Å². The summed E-state index contributed by atoms with van der Waals surface area (Å²) in [6.07, 6.45) is 2.79. The molecule has 1 aromatic rings. The van der Waals surface area contributed by atoms with E-state index in [-0.39, 0.29) is 0 Å². The van der Waals surface area contributed by atoms with E-state index in [9.17, 15) is 0 Å². The van der Waals surface area contributed by atoms with Crippen LogP contribution in [0.15, 0.2) is 10.7 Å². The number of rotatable bonds is 6. The molecule has 1 heterocycles. The Balaban J connectivity index is 2.65. The van der Waals surface area contributed by atoms with E-state index in [1.165, 1.54) is 6.42 Å². The van der Waals surface area contributed by atoms with E-state index in [0.29, 0.717) is 17.8 Å². The molecule has 0 fully saturated rings. The molecule has 1 aromatic heterocycles. The average Bonchev–Trinajstić information content (AvgIpc) is 2.73. The predicted octanol–water partition coefficient (Wildman–Crippen LogP) is 3.29. The standard InChI is InChI=1S/C11H19ClN2O/c1-4-9(3)7-14(5-2)11-13-10(6-12)8-15-11/h8-9H,4-7H2,1-3H3. The van der Waals surface area contributed by atoms with Gasteiger partial charge in [0.05, 0.1) is 11.6 Å². The van der Waals surface area contributed by atoms with Gasteiger partial charge in [0, 0.05) is 13.1 Å². The fourth-order valence-corrected chi connectivity index (χ4v) is 1.47. The number of alkyl halides is 1. The second-order valence-electron chi connectivity index (χ2n) is 3.81. The van der Waals surface area contributed by atoms with E-state index in [0.717, 1.165) is 18.8 Å². The lowest BCUT2D eigenvalue weighted by Crippen LogP contribution is -2.28. The predicted molar refractivity (Wildman–Crippen MR) is 63.4 cm³/mol. The van der Waals surface area contributed by atoms with Gasteiger partial charge in [-0.05, 0) is 12.8 Å². The molecule has 0 amide bonds. The second-order valence-corrected chi connectivity index (χ2v) is 4.07. The molecule has 0 N–H and O–H groups in total. The van der Waals surface area contributed by atoms with Crippen LogP contribution in [0.1, 0.15) is 32.9 Å². The molecular formula is C11H19ClN2O. The second kappa shape index (κ2) is 6.01. The lowest BCUT2D eigenvalue weighted by Gasteiger charge is -2.21. The Bertz CT molecular complexity index is 288. The Labute approximate surface area is 96.4 Å². The maximum absolute atomic E-state index is 5.68. The first-order valence-corrected chi connectivity index (χ1v) is 6.00. The van der Waals surface area contributed by atoms with Crippen LogP contribution in [0, 0.1) is 5.92 Å². The van der Waals surface area contributed by atoms with Crippen molar-refractivity contribution in [2.75, 3.05) is 18.0 Å². The number of anilines is 1. The minimum absolute atomic E-state index is 0.407. The summed E-state index contributed by atoms with van der Waals surface area (Å²) in [6, 6.07) is 0.688. The Hall–Kier alpha value is -0.700.